The molecule has 1 saturated heterocycles. The number of Topliss-reactive ketones (excluding diaryl/α,β-unsaturated/α-hetero) is 1. The van der Waals surface area contributed by atoms with Gasteiger partial charge in [0.1, 0.15) is 5.69 Å². The molecule has 1 fully saturated rings. The lowest BCUT2D eigenvalue weighted by molar-refractivity contribution is -0.384. The zero-order valence-corrected chi connectivity index (χ0v) is 17.3. The van der Waals surface area contributed by atoms with Gasteiger partial charge in [-0.25, -0.2) is 0 Å². The molecule has 3 rings (SSSR count). The highest BCUT2D eigenvalue weighted by molar-refractivity contribution is 7.80. The highest BCUT2D eigenvalue weighted by Crippen LogP contribution is 2.31. The van der Waals surface area contributed by atoms with Crippen molar-refractivity contribution in [3.63, 3.8) is 0 Å². The van der Waals surface area contributed by atoms with E-state index in [2.05, 4.69) is 10.6 Å². The van der Waals surface area contributed by atoms with E-state index >= 15 is 0 Å². The van der Waals surface area contributed by atoms with Crippen LogP contribution in [0.15, 0.2) is 42.5 Å². The van der Waals surface area contributed by atoms with Gasteiger partial charge in [-0.05, 0) is 74.8 Å². The van der Waals surface area contributed by atoms with Crippen LogP contribution in [-0.2, 0) is 0 Å². The average molecular weight is 426 g/mol. The number of hydrogen-bond acceptors (Lipinski definition) is 6. The van der Waals surface area contributed by atoms with Gasteiger partial charge in [0.25, 0.3) is 11.6 Å². The van der Waals surface area contributed by atoms with Crippen molar-refractivity contribution in [1.82, 2.24) is 5.32 Å². The van der Waals surface area contributed by atoms with Gasteiger partial charge < -0.3 is 10.2 Å². The molecule has 0 aromatic heterocycles. The summed E-state index contributed by atoms with van der Waals surface area (Å²) in [5.74, 6) is -0.590. The first-order valence-electron chi connectivity index (χ1n) is 9.62. The number of nitrogens with one attached hydrogen (secondary N) is 2. The van der Waals surface area contributed by atoms with Crippen LogP contribution in [0.25, 0.3) is 0 Å². The maximum absolute atomic E-state index is 12.5. The molecule has 9 heteroatoms. The van der Waals surface area contributed by atoms with Crippen LogP contribution < -0.4 is 15.5 Å². The average Bonchev–Trinajstić information content (AvgIpc) is 2.74. The molecule has 0 radical (unpaired) electrons. The number of benzene rings is 2. The number of amides is 1. The summed E-state index contributed by atoms with van der Waals surface area (Å²) in [5.41, 5.74) is 1.76. The van der Waals surface area contributed by atoms with Crippen LogP contribution in [0.2, 0.25) is 0 Å². The number of nitro groups is 1. The first-order valence-corrected chi connectivity index (χ1v) is 10.0. The highest BCUT2D eigenvalue weighted by atomic mass is 32.1. The van der Waals surface area contributed by atoms with Crippen molar-refractivity contribution in [2.75, 3.05) is 23.3 Å². The lowest BCUT2D eigenvalue weighted by atomic mass is 10.1. The topological polar surface area (TPSA) is 105 Å². The summed E-state index contributed by atoms with van der Waals surface area (Å²) in [6.07, 6.45) is 3.10. The molecule has 156 valence electrons. The first kappa shape index (κ1) is 21.4. The SMILES string of the molecule is CC(=O)c1ccc(NC(=S)NC(=O)c2ccc(N3CCCCC3)c([N+](=O)[O-])c2)cc1. The second kappa shape index (κ2) is 9.45. The number of nitrogens with zero attached hydrogens (tertiary/aromatic N) is 2. The van der Waals surface area contributed by atoms with Crippen LogP contribution in [-0.4, -0.2) is 34.8 Å². The molecule has 30 heavy (non-hydrogen) atoms. The van der Waals surface area contributed by atoms with Crippen molar-refractivity contribution in [3.05, 3.63) is 63.7 Å². The second-order valence-electron chi connectivity index (χ2n) is 7.05. The van der Waals surface area contributed by atoms with Crippen LogP contribution in [0.3, 0.4) is 0 Å². The van der Waals surface area contributed by atoms with E-state index in [1.165, 1.54) is 13.0 Å². The Morgan fingerprint density at radius 3 is 2.27 bits per heavy atom. The van der Waals surface area contributed by atoms with Gasteiger partial charge in [-0.2, -0.15) is 0 Å². The molecule has 0 spiro atoms. The monoisotopic (exact) mass is 426 g/mol. The Hall–Kier alpha value is -3.33. The van der Waals surface area contributed by atoms with Gasteiger partial charge in [0, 0.05) is 36.0 Å². The third-order valence-corrected chi connectivity index (χ3v) is 5.11. The number of ketones is 1. The van der Waals surface area contributed by atoms with E-state index < -0.39 is 10.8 Å². The Bertz CT molecular complexity index is 985. The van der Waals surface area contributed by atoms with E-state index in [1.807, 2.05) is 4.90 Å². The molecule has 2 aromatic carbocycles. The lowest BCUT2D eigenvalue weighted by Crippen LogP contribution is -2.34. The van der Waals surface area contributed by atoms with Crippen LogP contribution >= 0.6 is 12.2 Å². The maximum Gasteiger partial charge on any atom is 0.293 e. The largest absolute Gasteiger partial charge is 0.366 e. The Kier molecular flexibility index (Phi) is 6.73. The minimum Gasteiger partial charge on any atom is -0.366 e. The quantitative estimate of drug-likeness (QED) is 0.323. The van der Waals surface area contributed by atoms with Crippen LogP contribution in [0, 0.1) is 10.1 Å². The standard InChI is InChI=1S/C21H22N4O4S/c1-14(26)15-5-8-17(9-6-15)22-21(30)23-20(27)16-7-10-18(19(13-16)25(28)29)24-11-3-2-4-12-24/h5-10,13H,2-4,11-12H2,1H3,(H2,22,23,27,30). The number of nitro benzene ring substituents is 1. The summed E-state index contributed by atoms with van der Waals surface area (Å²) in [6, 6.07) is 11.1. The molecular formula is C21H22N4O4S. The van der Waals surface area contributed by atoms with Gasteiger partial charge in [0.05, 0.1) is 4.92 Å². The summed E-state index contributed by atoms with van der Waals surface area (Å²) in [4.78, 5) is 36.9. The van der Waals surface area contributed by atoms with E-state index in [4.69, 9.17) is 12.2 Å². The maximum atomic E-state index is 12.5. The third-order valence-electron chi connectivity index (χ3n) is 4.91. The number of thiocarbonyl (C=S) groups is 1. The second-order valence-corrected chi connectivity index (χ2v) is 7.46. The van der Waals surface area contributed by atoms with Crippen LogP contribution in [0.5, 0.6) is 0 Å². The third kappa shape index (κ3) is 5.18. The molecular weight excluding hydrogens is 404 g/mol. The van der Waals surface area contributed by atoms with Gasteiger partial charge in [0.2, 0.25) is 0 Å². The summed E-state index contributed by atoms with van der Waals surface area (Å²) in [6.45, 7) is 3.01. The first-order chi connectivity index (χ1) is 14.3. The van der Waals surface area contributed by atoms with E-state index in [1.54, 1.807) is 36.4 Å². The number of anilines is 2. The Morgan fingerprint density at radius 2 is 1.67 bits per heavy atom. The zero-order chi connectivity index (χ0) is 21.7. The van der Waals surface area contributed by atoms with Gasteiger partial charge in [0.15, 0.2) is 10.9 Å². The molecule has 1 aliphatic rings. The lowest BCUT2D eigenvalue weighted by Gasteiger charge is -2.28. The van der Waals surface area contributed by atoms with Gasteiger partial charge in [-0.3, -0.25) is 25.0 Å². The predicted octanol–water partition coefficient (Wildman–Crippen LogP) is 3.91. The summed E-state index contributed by atoms with van der Waals surface area (Å²) < 4.78 is 0. The van der Waals surface area contributed by atoms with Gasteiger partial charge in [-0.1, -0.05) is 0 Å². The normalized spacial score (nSPS) is 13.4. The van der Waals surface area contributed by atoms with Gasteiger partial charge in [-0.15, -0.1) is 0 Å². The predicted molar refractivity (Wildman–Crippen MR) is 119 cm³/mol. The molecule has 1 aliphatic heterocycles. The number of piperidine rings is 1. The number of hydrogen-bond donors (Lipinski definition) is 2. The molecule has 1 amide bonds. The van der Waals surface area contributed by atoms with Crippen molar-refractivity contribution in [2.24, 2.45) is 0 Å². The molecule has 2 aromatic rings. The Morgan fingerprint density at radius 1 is 1.03 bits per heavy atom. The highest BCUT2D eigenvalue weighted by Gasteiger charge is 2.23. The molecule has 0 unspecified atom stereocenters. The fourth-order valence-electron chi connectivity index (χ4n) is 3.34. The van der Waals surface area contributed by atoms with E-state index in [-0.39, 0.29) is 22.1 Å². The zero-order valence-electron chi connectivity index (χ0n) is 16.5. The molecule has 0 atom stereocenters. The number of carbonyl (C=O) groups excluding carboxylic acids is 2. The fraction of sp³-hybridized carbons (Fsp3) is 0.286. The minimum atomic E-state index is -0.541. The van der Waals surface area contributed by atoms with E-state index in [0.717, 1.165) is 32.4 Å². The summed E-state index contributed by atoms with van der Waals surface area (Å²) in [5, 5.41) is 17.0. The fourth-order valence-corrected chi connectivity index (χ4v) is 3.55. The molecule has 8 nitrogen and oxygen atoms in total. The minimum absolute atomic E-state index is 0.0491. The molecule has 0 aliphatic carbocycles. The smallest absolute Gasteiger partial charge is 0.293 e. The molecule has 0 bridgehead atoms. The molecule has 1 heterocycles. The summed E-state index contributed by atoms with van der Waals surface area (Å²) in [7, 11) is 0. The molecule has 0 saturated carbocycles. The number of carbonyl (C=O) groups is 2. The van der Waals surface area contributed by atoms with Crippen LogP contribution in [0.4, 0.5) is 17.1 Å². The van der Waals surface area contributed by atoms with E-state index in [9.17, 15) is 19.7 Å². The Balaban J connectivity index is 1.69. The van der Waals surface area contributed by atoms with Crippen LogP contribution in [0.1, 0.15) is 46.9 Å². The van der Waals surface area contributed by atoms with Crippen molar-refractivity contribution in [1.29, 1.82) is 0 Å². The summed E-state index contributed by atoms with van der Waals surface area (Å²) >= 11 is 5.16. The number of rotatable bonds is 5. The van der Waals surface area contributed by atoms with Gasteiger partial charge >= 0.3 is 0 Å². The van der Waals surface area contributed by atoms with Crippen molar-refractivity contribution in [3.8, 4) is 0 Å². The van der Waals surface area contributed by atoms with Crippen molar-refractivity contribution in [2.45, 2.75) is 26.2 Å². The van der Waals surface area contributed by atoms with Crippen molar-refractivity contribution < 1.29 is 14.5 Å². The Labute approximate surface area is 179 Å². The van der Waals surface area contributed by atoms with E-state index in [0.29, 0.717) is 16.9 Å². The molecule has 2 N–H and O–H groups in total. The van der Waals surface area contributed by atoms with Crippen molar-refractivity contribution >= 4 is 46.1 Å².